The van der Waals surface area contributed by atoms with E-state index in [1.165, 1.54) is 0 Å². The Labute approximate surface area is 134 Å². The molecule has 0 saturated heterocycles. The zero-order valence-corrected chi connectivity index (χ0v) is 14.6. The molecule has 0 bridgehead atoms. The lowest BCUT2D eigenvalue weighted by Gasteiger charge is -2.34. The molecule has 0 aromatic heterocycles. The number of amides is 1. The van der Waals surface area contributed by atoms with Crippen molar-refractivity contribution >= 4 is 28.3 Å². The van der Waals surface area contributed by atoms with E-state index in [0.717, 1.165) is 19.1 Å². The fraction of sp³-hybridized carbons (Fsp3) is 0.500. The van der Waals surface area contributed by atoms with E-state index in [1.54, 1.807) is 23.1 Å². The number of carbonyl (C=O) groups is 2. The summed E-state index contributed by atoms with van der Waals surface area (Å²) >= 11 is 3.30. The van der Waals surface area contributed by atoms with Gasteiger partial charge in [-0.25, -0.2) is 4.79 Å². The molecule has 0 saturated carbocycles. The lowest BCUT2D eigenvalue weighted by Crippen LogP contribution is -2.47. The molecule has 0 N–H and O–H groups in total. The third-order valence-electron chi connectivity index (χ3n) is 3.08. The third kappa shape index (κ3) is 4.84. The molecular weight excluding hydrogens is 334 g/mol. The molecule has 0 unspecified atom stereocenters. The smallest absolute Gasteiger partial charge is 0.409 e. The third-order valence-corrected chi connectivity index (χ3v) is 3.93. The van der Waals surface area contributed by atoms with E-state index in [0.29, 0.717) is 22.3 Å². The highest BCUT2D eigenvalue weighted by Gasteiger charge is 2.28. The predicted molar refractivity (Wildman–Crippen MR) is 86.9 cm³/mol. The second-order valence-corrected chi connectivity index (χ2v) is 6.61. The first kappa shape index (κ1) is 17.7. The second-order valence-electron chi connectivity index (χ2n) is 5.82. The van der Waals surface area contributed by atoms with E-state index in [1.807, 2.05) is 20.8 Å². The Morgan fingerprint density at radius 2 is 2.05 bits per heavy atom. The molecule has 0 fully saturated rings. The summed E-state index contributed by atoms with van der Waals surface area (Å²) in [6.07, 6.45) is 2.24. The second kappa shape index (κ2) is 7.59. The molecule has 0 atom stereocenters. The highest BCUT2D eigenvalue weighted by atomic mass is 79.9. The zero-order valence-electron chi connectivity index (χ0n) is 13.0. The van der Waals surface area contributed by atoms with Crippen molar-refractivity contribution in [2.45, 2.75) is 46.1 Å². The molecule has 116 valence electrons. The molecule has 0 aliphatic rings. The van der Waals surface area contributed by atoms with Crippen LogP contribution >= 0.6 is 15.9 Å². The van der Waals surface area contributed by atoms with E-state index >= 15 is 0 Å². The Morgan fingerprint density at radius 1 is 1.38 bits per heavy atom. The van der Waals surface area contributed by atoms with Gasteiger partial charge in [-0.15, -0.1) is 0 Å². The molecule has 1 aromatic carbocycles. The number of halogens is 1. The van der Waals surface area contributed by atoms with Gasteiger partial charge >= 0.3 is 6.09 Å². The van der Waals surface area contributed by atoms with E-state index < -0.39 is 6.09 Å². The first-order valence-corrected chi connectivity index (χ1v) is 7.83. The Kier molecular flexibility index (Phi) is 6.40. The number of rotatable bonds is 5. The molecule has 4 nitrogen and oxygen atoms in total. The van der Waals surface area contributed by atoms with E-state index in [9.17, 15) is 9.59 Å². The van der Waals surface area contributed by atoms with Gasteiger partial charge in [-0.3, -0.25) is 4.79 Å². The number of aldehydes is 1. The standard InChI is InChI=1S/C16H22BrNO3/c1-5-6-10-18(16(2,3)4)15(20)21-13-9-7-8-12(11-19)14(13)17/h7-9,11H,5-6,10H2,1-4H3. The lowest BCUT2D eigenvalue weighted by molar-refractivity contribution is 0.105. The van der Waals surface area contributed by atoms with Crippen LogP contribution in [-0.2, 0) is 0 Å². The summed E-state index contributed by atoms with van der Waals surface area (Å²) in [4.78, 5) is 25.0. The van der Waals surface area contributed by atoms with Crippen LogP contribution in [0.4, 0.5) is 4.79 Å². The van der Waals surface area contributed by atoms with Crippen molar-refractivity contribution in [2.24, 2.45) is 0 Å². The Hall–Kier alpha value is -1.36. The van der Waals surface area contributed by atoms with Crippen LogP contribution in [0, 0.1) is 0 Å². The Balaban J connectivity index is 2.94. The van der Waals surface area contributed by atoms with Crippen molar-refractivity contribution in [3.63, 3.8) is 0 Å². The molecule has 0 heterocycles. The number of unbranched alkanes of at least 4 members (excludes halogenated alkanes) is 1. The molecule has 0 aliphatic heterocycles. The van der Waals surface area contributed by atoms with Crippen molar-refractivity contribution < 1.29 is 14.3 Å². The van der Waals surface area contributed by atoms with E-state index in [2.05, 4.69) is 22.9 Å². The van der Waals surface area contributed by atoms with Crippen molar-refractivity contribution in [3.05, 3.63) is 28.2 Å². The van der Waals surface area contributed by atoms with Gasteiger partial charge in [0.1, 0.15) is 5.75 Å². The van der Waals surface area contributed by atoms with E-state index in [-0.39, 0.29) is 5.54 Å². The maximum absolute atomic E-state index is 12.4. The summed E-state index contributed by atoms with van der Waals surface area (Å²) in [5, 5.41) is 0. The Morgan fingerprint density at radius 3 is 2.57 bits per heavy atom. The topological polar surface area (TPSA) is 46.6 Å². The average molecular weight is 356 g/mol. The van der Waals surface area contributed by atoms with Crippen molar-refractivity contribution in [1.82, 2.24) is 4.90 Å². The summed E-state index contributed by atoms with van der Waals surface area (Å²) in [7, 11) is 0. The average Bonchev–Trinajstić information content (AvgIpc) is 2.40. The predicted octanol–water partition coefficient (Wildman–Crippen LogP) is 4.66. The Bertz CT molecular complexity index is 509. The molecule has 1 aromatic rings. The fourth-order valence-corrected chi connectivity index (χ4v) is 2.30. The van der Waals surface area contributed by atoms with Gasteiger partial charge < -0.3 is 9.64 Å². The first-order chi connectivity index (χ1) is 9.81. The van der Waals surface area contributed by atoms with Gasteiger partial charge in [-0.05, 0) is 49.2 Å². The number of ether oxygens (including phenoxy) is 1. The number of nitrogens with zero attached hydrogens (tertiary/aromatic N) is 1. The number of carbonyl (C=O) groups excluding carboxylic acids is 2. The minimum absolute atomic E-state index is 0.318. The molecule has 5 heteroatoms. The van der Waals surface area contributed by atoms with Crippen molar-refractivity contribution in [2.75, 3.05) is 6.54 Å². The molecule has 0 radical (unpaired) electrons. The summed E-state index contributed by atoms with van der Waals surface area (Å²) in [5.41, 5.74) is 0.136. The van der Waals surface area contributed by atoms with Gasteiger partial charge in [-0.2, -0.15) is 0 Å². The minimum atomic E-state index is -0.403. The van der Waals surface area contributed by atoms with Crippen LogP contribution in [0.5, 0.6) is 5.75 Å². The number of hydrogen-bond acceptors (Lipinski definition) is 3. The summed E-state index contributed by atoms with van der Waals surface area (Å²) in [5.74, 6) is 0.357. The van der Waals surface area contributed by atoms with Crippen LogP contribution in [0.1, 0.15) is 50.9 Å². The minimum Gasteiger partial charge on any atom is -0.409 e. The lowest BCUT2D eigenvalue weighted by atomic mass is 10.1. The number of hydrogen-bond donors (Lipinski definition) is 0. The van der Waals surface area contributed by atoms with Gasteiger partial charge in [0.05, 0.1) is 4.47 Å². The maximum atomic E-state index is 12.4. The maximum Gasteiger partial charge on any atom is 0.415 e. The molecule has 1 amide bonds. The highest BCUT2D eigenvalue weighted by Crippen LogP contribution is 2.29. The monoisotopic (exact) mass is 355 g/mol. The normalized spacial score (nSPS) is 11.1. The SMILES string of the molecule is CCCCN(C(=O)Oc1cccc(C=O)c1Br)C(C)(C)C. The van der Waals surface area contributed by atoms with Crippen LogP contribution < -0.4 is 4.74 Å². The van der Waals surface area contributed by atoms with Crippen LogP contribution in [-0.4, -0.2) is 29.4 Å². The van der Waals surface area contributed by atoms with E-state index in [4.69, 9.17) is 4.74 Å². The zero-order chi connectivity index (χ0) is 16.0. The van der Waals surface area contributed by atoms with Gasteiger partial charge in [0.15, 0.2) is 6.29 Å². The van der Waals surface area contributed by atoms with Crippen molar-refractivity contribution in [1.29, 1.82) is 0 Å². The summed E-state index contributed by atoms with van der Waals surface area (Å²) < 4.78 is 5.95. The highest BCUT2D eigenvalue weighted by molar-refractivity contribution is 9.10. The van der Waals surface area contributed by atoms with Gasteiger partial charge in [0.25, 0.3) is 0 Å². The van der Waals surface area contributed by atoms with Crippen LogP contribution in [0.3, 0.4) is 0 Å². The molecule has 21 heavy (non-hydrogen) atoms. The summed E-state index contributed by atoms with van der Waals surface area (Å²) in [6.45, 7) is 8.64. The van der Waals surface area contributed by atoms with Crippen LogP contribution in [0.25, 0.3) is 0 Å². The largest absolute Gasteiger partial charge is 0.415 e. The summed E-state index contributed by atoms with van der Waals surface area (Å²) in [6, 6.07) is 5.01. The quantitative estimate of drug-likeness (QED) is 0.721. The molecular formula is C16H22BrNO3. The fourth-order valence-electron chi connectivity index (χ4n) is 1.86. The van der Waals surface area contributed by atoms with Gasteiger partial charge in [0.2, 0.25) is 0 Å². The van der Waals surface area contributed by atoms with Gasteiger partial charge in [-0.1, -0.05) is 25.5 Å². The van der Waals surface area contributed by atoms with Crippen LogP contribution in [0.15, 0.2) is 22.7 Å². The van der Waals surface area contributed by atoms with Crippen molar-refractivity contribution in [3.8, 4) is 5.75 Å². The van der Waals surface area contributed by atoms with Crippen LogP contribution in [0.2, 0.25) is 0 Å². The van der Waals surface area contributed by atoms with Gasteiger partial charge in [0, 0.05) is 17.6 Å². The number of benzene rings is 1. The first-order valence-electron chi connectivity index (χ1n) is 7.04. The molecule has 1 rings (SSSR count). The molecule has 0 spiro atoms. The molecule has 0 aliphatic carbocycles.